The molecule has 0 aliphatic carbocycles. The summed E-state index contributed by atoms with van der Waals surface area (Å²) < 4.78 is 30.9. The summed E-state index contributed by atoms with van der Waals surface area (Å²) in [5.74, 6) is -0.310. The second-order valence-corrected chi connectivity index (χ2v) is 9.27. The highest BCUT2D eigenvalue weighted by molar-refractivity contribution is 7.92. The molecule has 28 heavy (non-hydrogen) atoms. The van der Waals surface area contributed by atoms with Gasteiger partial charge in [-0.15, -0.1) is 0 Å². The number of aryl methyl sites for hydroxylation is 2. The number of hydrogen-bond donors (Lipinski definition) is 2. The van der Waals surface area contributed by atoms with Crippen molar-refractivity contribution in [2.75, 3.05) is 17.2 Å². The van der Waals surface area contributed by atoms with Crippen LogP contribution in [-0.4, -0.2) is 32.1 Å². The summed E-state index contributed by atoms with van der Waals surface area (Å²) in [7, 11) is -3.76. The molecular formula is C20H22N2O5S. The topological polar surface area (TPSA) is 102 Å². The summed E-state index contributed by atoms with van der Waals surface area (Å²) >= 11 is 0. The number of carbonyl (C=O) groups is 2. The van der Waals surface area contributed by atoms with Crippen molar-refractivity contribution in [1.82, 2.24) is 0 Å². The van der Waals surface area contributed by atoms with Crippen LogP contribution < -0.4 is 15.4 Å². The first-order valence-corrected chi connectivity index (χ1v) is 10.4. The smallest absolute Gasteiger partial charge is 0.262 e. The van der Waals surface area contributed by atoms with Crippen LogP contribution in [0.1, 0.15) is 24.5 Å². The van der Waals surface area contributed by atoms with Crippen molar-refractivity contribution < 1.29 is 22.7 Å². The summed E-state index contributed by atoms with van der Waals surface area (Å²) in [5.41, 5.74) is 3.09. The average Bonchev–Trinajstić information content (AvgIpc) is 2.64. The fraction of sp³-hybridized carbons (Fsp3) is 0.300. The van der Waals surface area contributed by atoms with Gasteiger partial charge in [0.1, 0.15) is 5.75 Å². The molecule has 1 aliphatic rings. The molecule has 3 rings (SSSR count). The fourth-order valence-electron chi connectivity index (χ4n) is 2.87. The Kier molecular flexibility index (Phi) is 5.42. The van der Waals surface area contributed by atoms with E-state index in [1.807, 2.05) is 26.0 Å². The van der Waals surface area contributed by atoms with Crippen LogP contribution in [-0.2, 0) is 19.4 Å². The number of ether oxygens (including phenoxy) is 1. The molecule has 8 heteroatoms. The molecule has 2 N–H and O–H groups in total. The van der Waals surface area contributed by atoms with Crippen molar-refractivity contribution >= 4 is 33.0 Å². The number of amides is 2. The monoisotopic (exact) mass is 402 g/mol. The molecule has 2 aromatic rings. The molecule has 7 nitrogen and oxygen atoms in total. The molecule has 2 amide bonds. The van der Waals surface area contributed by atoms with E-state index in [1.54, 1.807) is 6.07 Å². The third-order valence-corrected chi connectivity index (χ3v) is 6.84. The fourth-order valence-corrected chi connectivity index (χ4v) is 4.25. The second-order valence-electron chi connectivity index (χ2n) is 6.90. The van der Waals surface area contributed by atoms with Crippen molar-refractivity contribution in [2.24, 2.45) is 0 Å². The van der Waals surface area contributed by atoms with Gasteiger partial charge in [0.25, 0.3) is 5.91 Å². The molecule has 0 saturated heterocycles. The lowest BCUT2D eigenvalue weighted by Gasteiger charge is -2.19. The number of anilines is 2. The van der Waals surface area contributed by atoms with Crippen LogP contribution in [0.15, 0.2) is 41.3 Å². The maximum atomic E-state index is 12.9. The Balaban J connectivity index is 1.73. The number of hydrogen-bond acceptors (Lipinski definition) is 5. The van der Waals surface area contributed by atoms with Gasteiger partial charge in [-0.3, -0.25) is 9.59 Å². The molecule has 0 radical (unpaired) electrons. The van der Waals surface area contributed by atoms with Gasteiger partial charge in [-0.2, -0.15) is 0 Å². The Hall–Kier alpha value is -2.87. The largest absolute Gasteiger partial charge is 0.482 e. The molecule has 1 aliphatic heterocycles. The van der Waals surface area contributed by atoms with Gasteiger partial charge in [-0.05, 0) is 62.2 Å². The van der Waals surface area contributed by atoms with E-state index in [0.29, 0.717) is 17.1 Å². The van der Waals surface area contributed by atoms with E-state index in [4.69, 9.17) is 4.74 Å². The lowest BCUT2D eigenvalue weighted by molar-refractivity contribution is -0.118. The van der Waals surface area contributed by atoms with Gasteiger partial charge in [-0.1, -0.05) is 6.07 Å². The molecular weight excluding hydrogens is 380 g/mol. The van der Waals surface area contributed by atoms with Crippen LogP contribution in [0, 0.1) is 13.8 Å². The first-order valence-electron chi connectivity index (χ1n) is 8.84. The van der Waals surface area contributed by atoms with E-state index in [9.17, 15) is 18.0 Å². The molecule has 1 heterocycles. The Labute approximate surface area is 164 Å². The quantitative estimate of drug-likeness (QED) is 0.801. The van der Waals surface area contributed by atoms with Gasteiger partial charge in [0.05, 0.1) is 15.8 Å². The van der Waals surface area contributed by atoms with Crippen molar-refractivity contribution in [3.63, 3.8) is 0 Å². The number of fused-ring (bicyclic) bond motifs is 1. The van der Waals surface area contributed by atoms with Gasteiger partial charge in [0, 0.05) is 12.1 Å². The normalized spacial score (nSPS) is 14.5. The molecule has 0 unspecified atom stereocenters. The van der Waals surface area contributed by atoms with E-state index in [0.717, 1.165) is 11.1 Å². The number of nitrogens with one attached hydrogen (secondary N) is 2. The minimum atomic E-state index is -3.76. The third-order valence-electron chi connectivity index (χ3n) is 4.71. The lowest BCUT2D eigenvalue weighted by Crippen LogP contribution is -2.27. The molecule has 0 fully saturated rings. The highest BCUT2D eigenvalue weighted by Crippen LogP contribution is 2.31. The number of benzene rings is 2. The van der Waals surface area contributed by atoms with Gasteiger partial charge in [-0.25, -0.2) is 8.42 Å². The predicted molar refractivity (Wildman–Crippen MR) is 106 cm³/mol. The zero-order valence-electron chi connectivity index (χ0n) is 15.9. The van der Waals surface area contributed by atoms with Crippen molar-refractivity contribution in [1.29, 1.82) is 0 Å². The van der Waals surface area contributed by atoms with Crippen LogP contribution in [0.5, 0.6) is 5.75 Å². The Morgan fingerprint density at radius 2 is 1.93 bits per heavy atom. The van der Waals surface area contributed by atoms with Crippen LogP contribution in [0.25, 0.3) is 0 Å². The number of sulfone groups is 1. The highest BCUT2D eigenvalue weighted by Gasteiger charge is 2.28. The predicted octanol–water partition coefficient (Wildman–Crippen LogP) is 2.83. The van der Waals surface area contributed by atoms with E-state index < -0.39 is 15.1 Å². The van der Waals surface area contributed by atoms with Gasteiger partial charge < -0.3 is 15.4 Å². The van der Waals surface area contributed by atoms with Gasteiger partial charge >= 0.3 is 0 Å². The summed E-state index contributed by atoms with van der Waals surface area (Å²) in [4.78, 5) is 23.8. The second kappa shape index (κ2) is 7.63. The summed E-state index contributed by atoms with van der Waals surface area (Å²) in [6.45, 7) is 5.30. The lowest BCUT2D eigenvalue weighted by atomic mass is 10.1. The van der Waals surface area contributed by atoms with E-state index in [2.05, 4.69) is 10.6 Å². The van der Waals surface area contributed by atoms with Crippen LogP contribution in [0.3, 0.4) is 0 Å². The maximum absolute atomic E-state index is 12.9. The summed E-state index contributed by atoms with van der Waals surface area (Å²) in [6.07, 6.45) is -0.185. The number of rotatable bonds is 5. The van der Waals surface area contributed by atoms with E-state index >= 15 is 0 Å². The van der Waals surface area contributed by atoms with Gasteiger partial charge in [0.2, 0.25) is 5.91 Å². The van der Waals surface area contributed by atoms with Crippen molar-refractivity contribution in [3.05, 3.63) is 47.5 Å². The minimum Gasteiger partial charge on any atom is -0.482 e. The average molecular weight is 402 g/mol. The Morgan fingerprint density at radius 3 is 2.64 bits per heavy atom. The first kappa shape index (κ1) is 19.9. The standard InChI is InChI=1S/C20H22N2O5S/c1-12-4-5-15(8-13(12)2)21-19(23)9-14(3)28(25,26)16-6-7-18-17(10-16)22-20(24)11-27-18/h4-8,10,14H,9,11H2,1-3H3,(H,21,23)(H,22,24)/t14-/m1/s1. The third kappa shape index (κ3) is 4.17. The first-order chi connectivity index (χ1) is 13.2. The highest BCUT2D eigenvalue weighted by atomic mass is 32.2. The molecule has 0 saturated carbocycles. The molecule has 0 bridgehead atoms. The Morgan fingerprint density at radius 1 is 1.18 bits per heavy atom. The molecule has 0 aromatic heterocycles. The van der Waals surface area contributed by atoms with Crippen molar-refractivity contribution in [3.8, 4) is 5.75 Å². The Bertz CT molecular complexity index is 1050. The SMILES string of the molecule is Cc1ccc(NC(=O)C[C@@H](C)S(=O)(=O)c2ccc3c(c2)NC(=O)CO3)cc1C. The zero-order valence-corrected chi connectivity index (χ0v) is 16.7. The zero-order chi connectivity index (χ0) is 20.5. The summed E-state index contributed by atoms with van der Waals surface area (Å²) in [5, 5.41) is 4.39. The van der Waals surface area contributed by atoms with E-state index in [-0.39, 0.29) is 29.7 Å². The molecule has 0 spiro atoms. The van der Waals surface area contributed by atoms with E-state index in [1.165, 1.54) is 25.1 Å². The summed E-state index contributed by atoms with van der Waals surface area (Å²) in [6, 6.07) is 9.81. The molecule has 2 aromatic carbocycles. The van der Waals surface area contributed by atoms with Crippen LogP contribution >= 0.6 is 0 Å². The van der Waals surface area contributed by atoms with Crippen LogP contribution in [0.2, 0.25) is 0 Å². The molecule has 1 atom stereocenters. The van der Waals surface area contributed by atoms with Gasteiger partial charge in [0.15, 0.2) is 16.4 Å². The number of carbonyl (C=O) groups excluding carboxylic acids is 2. The van der Waals surface area contributed by atoms with Crippen LogP contribution in [0.4, 0.5) is 11.4 Å². The van der Waals surface area contributed by atoms with Crippen molar-refractivity contribution in [2.45, 2.75) is 37.3 Å². The maximum Gasteiger partial charge on any atom is 0.262 e. The minimum absolute atomic E-state index is 0.0310. The molecule has 148 valence electrons.